The maximum atomic E-state index is 5.73. The first-order valence-corrected chi connectivity index (χ1v) is 5.51. The van der Waals surface area contributed by atoms with Gasteiger partial charge >= 0.3 is 0 Å². The molecule has 0 radical (unpaired) electrons. The lowest BCUT2D eigenvalue weighted by Gasteiger charge is -2.20. The van der Waals surface area contributed by atoms with Gasteiger partial charge in [0.25, 0.3) is 0 Å². The molecule has 3 heteroatoms. The van der Waals surface area contributed by atoms with Gasteiger partial charge in [0.05, 0.1) is 0 Å². The van der Waals surface area contributed by atoms with Gasteiger partial charge in [0, 0.05) is 18.8 Å². The van der Waals surface area contributed by atoms with Gasteiger partial charge in [-0.1, -0.05) is 19.9 Å². The van der Waals surface area contributed by atoms with Gasteiger partial charge in [-0.15, -0.1) is 0 Å². The van der Waals surface area contributed by atoms with Crippen molar-refractivity contribution in [3.8, 4) is 0 Å². The molecule has 1 heterocycles. The summed E-state index contributed by atoms with van der Waals surface area (Å²) in [5.41, 5.74) is 6.90. The molecule has 0 fully saturated rings. The highest BCUT2D eigenvalue weighted by molar-refractivity contribution is 5.43. The van der Waals surface area contributed by atoms with E-state index in [1.807, 2.05) is 6.07 Å². The lowest BCUT2D eigenvalue weighted by atomic mass is 10.0. The molecule has 3 N–H and O–H groups in total. The third-order valence-electron chi connectivity index (χ3n) is 2.39. The molecule has 0 saturated heterocycles. The molecule has 0 spiro atoms. The van der Waals surface area contributed by atoms with Crippen molar-refractivity contribution in [2.24, 2.45) is 11.7 Å². The number of nitrogens with one attached hydrogen (secondary N) is 1. The summed E-state index contributed by atoms with van der Waals surface area (Å²) in [5.74, 6) is 1.60. The molecule has 3 nitrogen and oxygen atoms in total. The van der Waals surface area contributed by atoms with E-state index in [0.717, 1.165) is 12.2 Å². The maximum Gasteiger partial charge on any atom is 0.129 e. The monoisotopic (exact) mass is 207 g/mol. The number of anilines is 1. The van der Waals surface area contributed by atoms with Gasteiger partial charge in [-0.05, 0) is 30.9 Å². The van der Waals surface area contributed by atoms with Crippen LogP contribution in [0.15, 0.2) is 18.3 Å². The van der Waals surface area contributed by atoms with Crippen LogP contribution in [0.2, 0.25) is 0 Å². The van der Waals surface area contributed by atoms with E-state index in [1.165, 1.54) is 5.56 Å². The van der Waals surface area contributed by atoms with Crippen LogP contribution in [-0.2, 0) is 0 Å². The normalized spacial score (nSPS) is 12.9. The zero-order valence-corrected chi connectivity index (χ0v) is 9.83. The van der Waals surface area contributed by atoms with Crippen LogP contribution in [0.25, 0.3) is 0 Å². The first kappa shape index (κ1) is 12.0. The Morgan fingerprint density at radius 3 is 2.73 bits per heavy atom. The van der Waals surface area contributed by atoms with Crippen LogP contribution in [0.4, 0.5) is 5.82 Å². The summed E-state index contributed by atoms with van der Waals surface area (Å²) in [6, 6.07) is 4.32. The number of pyridine rings is 1. The van der Waals surface area contributed by atoms with E-state index in [0.29, 0.717) is 18.5 Å². The number of hydrogen-bond acceptors (Lipinski definition) is 3. The average Bonchev–Trinajstić information content (AvgIpc) is 2.19. The smallest absolute Gasteiger partial charge is 0.129 e. The average molecular weight is 207 g/mol. The van der Waals surface area contributed by atoms with Gasteiger partial charge < -0.3 is 11.1 Å². The zero-order valence-electron chi connectivity index (χ0n) is 9.83. The Morgan fingerprint density at radius 2 is 2.20 bits per heavy atom. The van der Waals surface area contributed by atoms with Crippen LogP contribution in [-0.4, -0.2) is 17.6 Å². The third kappa shape index (κ3) is 3.88. The fourth-order valence-corrected chi connectivity index (χ4v) is 1.61. The van der Waals surface area contributed by atoms with Crippen LogP contribution in [0.3, 0.4) is 0 Å². The second kappa shape index (κ2) is 5.71. The van der Waals surface area contributed by atoms with E-state index in [9.17, 15) is 0 Å². The summed E-state index contributed by atoms with van der Waals surface area (Å²) < 4.78 is 0. The lowest BCUT2D eigenvalue weighted by Crippen LogP contribution is -2.30. The maximum absolute atomic E-state index is 5.73. The van der Waals surface area contributed by atoms with Crippen LogP contribution in [0, 0.1) is 12.8 Å². The highest BCUT2D eigenvalue weighted by atomic mass is 15.0. The first-order valence-electron chi connectivity index (χ1n) is 5.51. The Bertz CT molecular complexity index is 297. The molecule has 0 amide bonds. The molecule has 1 aromatic rings. The summed E-state index contributed by atoms with van der Waals surface area (Å²) >= 11 is 0. The summed E-state index contributed by atoms with van der Waals surface area (Å²) in [6.45, 7) is 7.11. The van der Waals surface area contributed by atoms with Crippen LogP contribution >= 0.6 is 0 Å². The van der Waals surface area contributed by atoms with Gasteiger partial charge in [-0.2, -0.15) is 0 Å². The Balaban J connectivity index is 2.62. The Kier molecular flexibility index (Phi) is 4.56. The van der Waals surface area contributed by atoms with Crippen molar-refractivity contribution in [1.29, 1.82) is 0 Å². The second-order valence-electron chi connectivity index (χ2n) is 4.38. The fraction of sp³-hybridized carbons (Fsp3) is 0.583. The lowest BCUT2D eigenvalue weighted by molar-refractivity contribution is 0.520. The Labute approximate surface area is 92.1 Å². The minimum atomic E-state index is 0.318. The van der Waals surface area contributed by atoms with Crippen molar-refractivity contribution in [3.05, 3.63) is 23.9 Å². The first-order chi connectivity index (χ1) is 7.13. The third-order valence-corrected chi connectivity index (χ3v) is 2.39. The molecular weight excluding hydrogens is 186 g/mol. The fourth-order valence-electron chi connectivity index (χ4n) is 1.61. The highest BCUT2D eigenvalue weighted by Gasteiger charge is 2.10. The van der Waals surface area contributed by atoms with Crippen LogP contribution in [0.5, 0.6) is 0 Å². The van der Waals surface area contributed by atoms with Gasteiger partial charge in [0.2, 0.25) is 0 Å². The zero-order chi connectivity index (χ0) is 11.3. The summed E-state index contributed by atoms with van der Waals surface area (Å²) in [4.78, 5) is 4.31. The molecule has 0 aliphatic rings. The van der Waals surface area contributed by atoms with Crippen molar-refractivity contribution in [1.82, 2.24) is 4.98 Å². The van der Waals surface area contributed by atoms with Crippen LogP contribution < -0.4 is 11.1 Å². The molecular formula is C12H21N3. The molecule has 0 saturated carbocycles. The molecule has 0 aliphatic carbocycles. The van der Waals surface area contributed by atoms with Gasteiger partial charge in [-0.25, -0.2) is 4.98 Å². The SMILES string of the molecule is Cc1cccnc1NC(CN)CC(C)C. The van der Waals surface area contributed by atoms with Crippen LogP contribution in [0.1, 0.15) is 25.8 Å². The van der Waals surface area contributed by atoms with E-state index in [-0.39, 0.29) is 0 Å². The molecule has 1 rings (SSSR count). The molecule has 1 atom stereocenters. The quantitative estimate of drug-likeness (QED) is 0.778. The largest absolute Gasteiger partial charge is 0.366 e. The molecule has 15 heavy (non-hydrogen) atoms. The standard InChI is InChI=1S/C12H21N3/c1-9(2)7-11(8-13)15-12-10(3)5-4-6-14-12/h4-6,9,11H,7-8,13H2,1-3H3,(H,14,15). The minimum absolute atomic E-state index is 0.318. The van der Waals surface area contributed by atoms with Crippen molar-refractivity contribution < 1.29 is 0 Å². The molecule has 0 aliphatic heterocycles. The summed E-state index contributed by atoms with van der Waals surface area (Å²) in [6.07, 6.45) is 2.88. The Morgan fingerprint density at radius 1 is 1.47 bits per heavy atom. The molecule has 0 aromatic carbocycles. The van der Waals surface area contributed by atoms with Gasteiger partial charge in [0.1, 0.15) is 5.82 Å². The number of nitrogens with zero attached hydrogens (tertiary/aromatic N) is 1. The predicted molar refractivity (Wildman–Crippen MR) is 64.9 cm³/mol. The Hall–Kier alpha value is -1.09. The van der Waals surface area contributed by atoms with E-state index in [4.69, 9.17) is 5.73 Å². The van der Waals surface area contributed by atoms with Gasteiger partial charge in [0.15, 0.2) is 0 Å². The topological polar surface area (TPSA) is 50.9 Å². The van der Waals surface area contributed by atoms with Crippen molar-refractivity contribution >= 4 is 5.82 Å². The second-order valence-corrected chi connectivity index (χ2v) is 4.38. The van der Waals surface area contributed by atoms with Crippen molar-refractivity contribution in [2.45, 2.75) is 33.2 Å². The molecule has 0 bridgehead atoms. The van der Waals surface area contributed by atoms with E-state index in [1.54, 1.807) is 6.20 Å². The number of aryl methyl sites for hydroxylation is 1. The highest BCUT2D eigenvalue weighted by Crippen LogP contribution is 2.13. The number of hydrogen-bond donors (Lipinski definition) is 2. The van der Waals surface area contributed by atoms with E-state index < -0.39 is 0 Å². The van der Waals surface area contributed by atoms with E-state index in [2.05, 4.69) is 37.1 Å². The number of rotatable bonds is 5. The molecule has 84 valence electrons. The summed E-state index contributed by atoms with van der Waals surface area (Å²) in [5, 5.41) is 3.39. The number of nitrogens with two attached hydrogens (primary N) is 1. The molecule has 1 aromatic heterocycles. The van der Waals surface area contributed by atoms with E-state index >= 15 is 0 Å². The van der Waals surface area contributed by atoms with Gasteiger partial charge in [-0.3, -0.25) is 0 Å². The van der Waals surface area contributed by atoms with Crippen molar-refractivity contribution in [3.63, 3.8) is 0 Å². The number of aromatic nitrogens is 1. The minimum Gasteiger partial charge on any atom is -0.366 e. The predicted octanol–water partition coefficient (Wildman–Crippen LogP) is 2.18. The van der Waals surface area contributed by atoms with Crippen molar-refractivity contribution in [2.75, 3.05) is 11.9 Å². The molecule has 1 unspecified atom stereocenters. The summed E-state index contributed by atoms with van der Waals surface area (Å²) in [7, 11) is 0.